The van der Waals surface area contributed by atoms with Gasteiger partial charge >= 0.3 is 0 Å². The number of pyridine rings is 2. The molecule has 2 aliphatic heterocycles. The van der Waals surface area contributed by atoms with E-state index in [-0.39, 0.29) is 30.4 Å². The van der Waals surface area contributed by atoms with Gasteiger partial charge in [0.05, 0.1) is 24.1 Å². The Balaban J connectivity index is 1.50. The summed E-state index contributed by atoms with van der Waals surface area (Å²) in [7, 11) is 0. The van der Waals surface area contributed by atoms with E-state index in [0.29, 0.717) is 29.0 Å². The Labute approximate surface area is 193 Å². The van der Waals surface area contributed by atoms with Gasteiger partial charge in [-0.25, -0.2) is 4.98 Å². The number of aliphatic hydroxyl groups excluding tert-OH is 1. The van der Waals surface area contributed by atoms with Gasteiger partial charge < -0.3 is 25.0 Å². The minimum Gasteiger partial charge on any atom is -0.395 e. The number of aliphatic imine (C=N–C) groups is 1. The van der Waals surface area contributed by atoms with Gasteiger partial charge in [-0.3, -0.25) is 9.79 Å². The largest absolute Gasteiger partial charge is 0.395 e. The highest BCUT2D eigenvalue weighted by Crippen LogP contribution is 2.46. The van der Waals surface area contributed by atoms with E-state index in [1.807, 2.05) is 32.9 Å². The lowest BCUT2D eigenvalue weighted by Gasteiger charge is -2.27. The molecular weight excluding hydrogens is 418 g/mol. The molecule has 8 heteroatoms. The van der Waals surface area contributed by atoms with Crippen LogP contribution in [0.15, 0.2) is 39.8 Å². The Morgan fingerprint density at radius 1 is 1.30 bits per heavy atom. The van der Waals surface area contributed by atoms with E-state index in [2.05, 4.69) is 16.7 Å². The third kappa shape index (κ3) is 4.68. The monoisotopic (exact) mass is 451 g/mol. The van der Waals surface area contributed by atoms with Crippen LogP contribution in [0, 0.1) is 5.92 Å². The second-order valence-electron chi connectivity index (χ2n) is 10.3. The van der Waals surface area contributed by atoms with Crippen molar-refractivity contribution in [3.05, 3.63) is 40.3 Å². The highest BCUT2D eigenvalue weighted by molar-refractivity contribution is 6.06. The minimum atomic E-state index is -0.280. The SMILES string of the molecule is CC(C)(C)Nc1nc(NC2=NC3CC3C(C3CCCCO3)=C2)cc2ccn(CCO)c(=O)c12. The minimum absolute atomic E-state index is 0.0954. The number of fused-ring (bicyclic) bond motifs is 2. The zero-order chi connectivity index (χ0) is 23.2. The number of hydrogen-bond donors (Lipinski definition) is 3. The molecule has 1 aliphatic carbocycles. The smallest absolute Gasteiger partial charge is 0.262 e. The number of dihydropyridines is 1. The van der Waals surface area contributed by atoms with Crippen LogP contribution >= 0.6 is 0 Å². The molecule has 0 spiro atoms. The predicted octanol–water partition coefficient (Wildman–Crippen LogP) is 3.31. The predicted molar refractivity (Wildman–Crippen MR) is 131 cm³/mol. The molecule has 0 amide bonds. The van der Waals surface area contributed by atoms with E-state index < -0.39 is 0 Å². The van der Waals surface area contributed by atoms with Gasteiger partial charge in [-0.2, -0.15) is 0 Å². The van der Waals surface area contributed by atoms with E-state index in [1.165, 1.54) is 16.6 Å². The van der Waals surface area contributed by atoms with Gasteiger partial charge in [0, 0.05) is 30.8 Å². The van der Waals surface area contributed by atoms with Gasteiger partial charge in [0.25, 0.3) is 5.56 Å². The molecule has 3 N–H and O–H groups in total. The summed E-state index contributed by atoms with van der Waals surface area (Å²) in [6, 6.07) is 4.11. The van der Waals surface area contributed by atoms with Crippen molar-refractivity contribution in [2.45, 2.75) is 70.7 Å². The van der Waals surface area contributed by atoms with Crippen LogP contribution in [0.2, 0.25) is 0 Å². The summed E-state index contributed by atoms with van der Waals surface area (Å²) in [6.45, 7) is 7.09. The Bertz CT molecular complexity index is 1170. The van der Waals surface area contributed by atoms with Gasteiger partial charge in [0.1, 0.15) is 17.5 Å². The zero-order valence-corrected chi connectivity index (χ0v) is 19.6. The first-order valence-corrected chi connectivity index (χ1v) is 11.9. The summed E-state index contributed by atoms with van der Waals surface area (Å²) in [4.78, 5) is 22.7. The topological polar surface area (TPSA) is 101 Å². The van der Waals surface area contributed by atoms with Crippen LogP contribution < -0.4 is 16.2 Å². The molecule has 3 aliphatic rings. The molecule has 33 heavy (non-hydrogen) atoms. The van der Waals surface area contributed by atoms with Gasteiger partial charge in [-0.05, 0) is 75.6 Å². The number of aliphatic hydroxyl groups is 1. The number of nitrogens with one attached hydrogen (secondary N) is 2. The van der Waals surface area contributed by atoms with Crippen molar-refractivity contribution in [2.24, 2.45) is 10.9 Å². The second-order valence-corrected chi connectivity index (χ2v) is 10.3. The first kappa shape index (κ1) is 22.1. The number of aromatic nitrogens is 2. The number of anilines is 2. The molecule has 1 saturated heterocycles. The Morgan fingerprint density at radius 3 is 2.88 bits per heavy atom. The van der Waals surface area contributed by atoms with E-state index in [0.717, 1.165) is 37.1 Å². The van der Waals surface area contributed by atoms with Crippen LogP contribution in [0.4, 0.5) is 11.6 Å². The quantitative estimate of drug-likeness (QED) is 0.645. The highest BCUT2D eigenvalue weighted by Gasteiger charge is 2.45. The molecule has 3 atom stereocenters. The maximum atomic E-state index is 13.1. The molecular formula is C25H33N5O3. The van der Waals surface area contributed by atoms with Crippen molar-refractivity contribution in [3.63, 3.8) is 0 Å². The summed E-state index contributed by atoms with van der Waals surface area (Å²) in [5.41, 5.74) is 0.912. The number of nitrogens with zero attached hydrogens (tertiary/aromatic N) is 3. The highest BCUT2D eigenvalue weighted by atomic mass is 16.5. The molecule has 1 saturated carbocycles. The van der Waals surface area contributed by atoms with Gasteiger partial charge in [0.15, 0.2) is 0 Å². The van der Waals surface area contributed by atoms with E-state index >= 15 is 0 Å². The Hall–Kier alpha value is -2.71. The standard InChI is InChI=1S/C25H33N5O3/c1-25(2,3)29-23-22-15(7-8-30(9-10-31)24(22)32)12-20(28-23)27-21-14-17(16-13-18(16)26-21)19-6-4-5-11-33-19/h7-8,12,14,16,18-19,31H,4-6,9-11,13H2,1-3H3,(H2,26,27,28,29). The molecule has 5 rings (SSSR count). The fourth-order valence-corrected chi connectivity index (χ4v) is 4.79. The fraction of sp³-hybridized carbons (Fsp3) is 0.560. The van der Waals surface area contributed by atoms with Crippen LogP contribution in [0.5, 0.6) is 0 Å². The molecule has 176 valence electrons. The average molecular weight is 452 g/mol. The maximum absolute atomic E-state index is 13.1. The van der Waals surface area contributed by atoms with Crippen molar-refractivity contribution < 1.29 is 9.84 Å². The van der Waals surface area contributed by atoms with Crippen LogP contribution in [0.3, 0.4) is 0 Å². The number of amidine groups is 1. The Morgan fingerprint density at radius 2 is 2.15 bits per heavy atom. The summed E-state index contributed by atoms with van der Waals surface area (Å²) in [6.07, 6.45) is 8.58. The lowest BCUT2D eigenvalue weighted by molar-refractivity contribution is 0.0361. The Kier molecular flexibility index (Phi) is 5.74. The fourth-order valence-electron chi connectivity index (χ4n) is 4.79. The molecule has 8 nitrogen and oxygen atoms in total. The van der Waals surface area contributed by atoms with Gasteiger partial charge in [-0.1, -0.05) is 0 Å². The maximum Gasteiger partial charge on any atom is 0.262 e. The second kappa shape index (κ2) is 8.57. The summed E-state index contributed by atoms with van der Waals surface area (Å²) >= 11 is 0. The van der Waals surface area contributed by atoms with Crippen LogP contribution in [0.1, 0.15) is 46.5 Å². The lowest BCUT2D eigenvalue weighted by atomic mass is 9.96. The van der Waals surface area contributed by atoms with E-state index in [1.54, 1.807) is 6.20 Å². The van der Waals surface area contributed by atoms with Crippen molar-refractivity contribution in [2.75, 3.05) is 23.8 Å². The third-order valence-corrected chi connectivity index (χ3v) is 6.39. The summed E-state index contributed by atoms with van der Waals surface area (Å²) in [5, 5.41) is 17.4. The van der Waals surface area contributed by atoms with Crippen molar-refractivity contribution in [1.82, 2.24) is 9.55 Å². The summed E-state index contributed by atoms with van der Waals surface area (Å²) < 4.78 is 7.57. The van der Waals surface area contributed by atoms with Crippen LogP contribution in [-0.2, 0) is 11.3 Å². The number of hydrogen-bond acceptors (Lipinski definition) is 7. The first-order chi connectivity index (χ1) is 15.8. The van der Waals surface area contributed by atoms with Crippen molar-refractivity contribution in [3.8, 4) is 0 Å². The number of rotatable bonds is 5. The van der Waals surface area contributed by atoms with Crippen molar-refractivity contribution in [1.29, 1.82) is 0 Å². The first-order valence-electron chi connectivity index (χ1n) is 11.9. The molecule has 4 heterocycles. The molecule has 3 unspecified atom stereocenters. The van der Waals surface area contributed by atoms with Gasteiger partial charge in [-0.15, -0.1) is 0 Å². The normalized spacial score (nSPS) is 24.7. The third-order valence-electron chi connectivity index (χ3n) is 6.39. The molecule has 2 aromatic heterocycles. The van der Waals surface area contributed by atoms with E-state index in [9.17, 15) is 9.90 Å². The molecule has 2 fully saturated rings. The lowest BCUT2D eigenvalue weighted by Crippen LogP contribution is -2.29. The molecule has 2 aromatic rings. The molecule has 0 aromatic carbocycles. The van der Waals surface area contributed by atoms with Crippen LogP contribution in [-0.4, -0.2) is 51.4 Å². The van der Waals surface area contributed by atoms with Crippen molar-refractivity contribution >= 4 is 28.2 Å². The molecule has 0 radical (unpaired) electrons. The van der Waals surface area contributed by atoms with E-state index in [4.69, 9.17) is 14.7 Å². The summed E-state index contributed by atoms with van der Waals surface area (Å²) in [5.74, 6) is 2.50. The van der Waals surface area contributed by atoms with Crippen LogP contribution in [0.25, 0.3) is 10.8 Å². The van der Waals surface area contributed by atoms with Gasteiger partial charge in [0.2, 0.25) is 0 Å². The number of ether oxygens (including phenoxy) is 1. The zero-order valence-electron chi connectivity index (χ0n) is 19.6. The molecule has 0 bridgehead atoms. The average Bonchev–Trinajstić information content (AvgIpc) is 3.54.